The molecule has 0 amide bonds. The van der Waals surface area contributed by atoms with Gasteiger partial charge in [-0.2, -0.15) is 4.39 Å². The highest BCUT2D eigenvalue weighted by Crippen LogP contribution is 2.40. The summed E-state index contributed by atoms with van der Waals surface area (Å²) in [7, 11) is 1.29. The fourth-order valence-corrected chi connectivity index (χ4v) is 2.91. The summed E-state index contributed by atoms with van der Waals surface area (Å²) in [6.07, 6.45) is 0.881. The summed E-state index contributed by atoms with van der Waals surface area (Å²) >= 11 is 0. The monoisotopic (exact) mass is 386 g/mol. The molecule has 1 fully saturated rings. The molecule has 0 saturated heterocycles. The molecule has 0 unspecified atom stereocenters. The molecule has 148 valence electrons. The predicted molar refractivity (Wildman–Crippen MR) is 93.4 cm³/mol. The average molecular weight is 386 g/mol. The molecule has 1 heterocycles. The number of hydrogen-bond donors (Lipinski definition) is 1. The molecule has 2 aromatic rings. The van der Waals surface area contributed by atoms with Gasteiger partial charge in [0.05, 0.1) is 7.11 Å². The van der Waals surface area contributed by atoms with Crippen molar-refractivity contribution in [1.82, 2.24) is 9.97 Å². The lowest BCUT2D eigenvalue weighted by atomic mass is 9.86. The summed E-state index contributed by atoms with van der Waals surface area (Å²) in [6.45, 7) is 3.41. The van der Waals surface area contributed by atoms with Crippen LogP contribution in [0.25, 0.3) is 0 Å². The number of aromatic nitrogens is 2. The van der Waals surface area contributed by atoms with E-state index in [0.29, 0.717) is 29.9 Å². The van der Waals surface area contributed by atoms with E-state index in [9.17, 15) is 22.4 Å². The number of benzene rings is 1. The predicted octanol–water partition coefficient (Wildman–Crippen LogP) is 4.65. The Labute approximate surface area is 154 Å². The van der Waals surface area contributed by atoms with Crippen LogP contribution in [0.4, 0.5) is 17.6 Å². The third kappa shape index (κ3) is 5.30. The van der Waals surface area contributed by atoms with Gasteiger partial charge in [-0.3, -0.25) is 4.79 Å². The maximum atomic E-state index is 13.3. The minimum absolute atomic E-state index is 0.0570. The van der Waals surface area contributed by atoms with Crippen LogP contribution in [0.1, 0.15) is 48.7 Å². The van der Waals surface area contributed by atoms with E-state index < -0.39 is 17.6 Å². The van der Waals surface area contributed by atoms with Crippen LogP contribution in [0, 0.1) is 25.5 Å². The zero-order chi connectivity index (χ0) is 20.2. The van der Waals surface area contributed by atoms with Crippen LogP contribution in [-0.4, -0.2) is 23.0 Å². The first-order valence-corrected chi connectivity index (χ1v) is 8.58. The Morgan fingerprint density at radius 1 is 1.26 bits per heavy atom. The molecule has 3 rings (SSSR count). The lowest BCUT2D eigenvalue weighted by Crippen LogP contribution is -2.28. The smallest absolute Gasteiger partial charge is 0.254 e. The van der Waals surface area contributed by atoms with E-state index in [1.165, 1.54) is 19.2 Å². The Balaban J connectivity index is 0.000000223. The first kappa shape index (κ1) is 20.9. The van der Waals surface area contributed by atoms with Gasteiger partial charge in [0.15, 0.2) is 11.6 Å². The summed E-state index contributed by atoms with van der Waals surface area (Å²) in [4.78, 5) is 18.4. The average Bonchev–Trinajstić information content (AvgIpc) is 2.61. The molecule has 4 nitrogen and oxygen atoms in total. The molecule has 1 aliphatic rings. The van der Waals surface area contributed by atoms with Crippen molar-refractivity contribution in [2.45, 2.75) is 51.4 Å². The lowest BCUT2D eigenvalue weighted by Gasteiger charge is -2.28. The number of alkyl halides is 2. The molecule has 0 bridgehead atoms. The van der Waals surface area contributed by atoms with Gasteiger partial charge < -0.3 is 9.72 Å². The summed E-state index contributed by atoms with van der Waals surface area (Å²) < 4.78 is 55.9. The molecule has 1 aromatic heterocycles. The molecule has 0 radical (unpaired) electrons. The van der Waals surface area contributed by atoms with Crippen LogP contribution in [-0.2, 0) is 0 Å². The summed E-state index contributed by atoms with van der Waals surface area (Å²) in [6, 6.07) is 3.79. The highest BCUT2D eigenvalue weighted by atomic mass is 19.3. The number of halogens is 4. The maximum absolute atomic E-state index is 13.3. The van der Waals surface area contributed by atoms with E-state index in [2.05, 4.69) is 14.7 Å². The van der Waals surface area contributed by atoms with Crippen molar-refractivity contribution in [3.63, 3.8) is 0 Å². The number of hydrogen-bond acceptors (Lipinski definition) is 3. The molecule has 8 heteroatoms. The molecular weight excluding hydrogens is 364 g/mol. The van der Waals surface area contributed by atoms with Crippen LogP contribution >= 0.6 is 0 Å². The summed E-state index contributed by atoms with van der Waals surface area (Å²) in [5, 5.41) is 0. The van der Waals surface area contributed by atoms with Gasteiger partial charge in [0.25, 0.3) is 5.56 Å². The zero-order valence-corrected chi connectivity index (χ0v) is 15.4. The SMILES string of the molecule is COc1cccc(F)c1F.Cc1nc([C@H]2CCCC(F)(F)C2)[nH]c(=O)c1C. The van der Waals surface area contributed by atoms with Crippen LogP contribution in [0.15, 0.2) is 23.0 Å². The Morgan fingerprint density at radius 3 is 2.52 bits per heavy atom. The van der Waals surface area contributed by atoms with Gasteiger partial charge in [-0.15, -0.1) is 0 Å². The molecule has 1 aliphatic carbocycles. The second-order valence-electron chi connectivity index (χ2n) is 6.57. The highest BCUT2D eigenvalue weighted by molar-refractivity contribution is 5.24. The first-order valence-electron chi connectivity index (χ1n) is 8.58. The minimum Gasteiger partial charge on any atom is -0.494 e. The standard InChI is InChI=1S/C12H16F2N2O.C7H6F2O/c1-7-8(2)15-10(16-11(7)17)9-4-3-5-12(13,14)6-9;1-10-6-4-2-3-5(8)7(6)9/h9H,3-6H2,1-2H3,(H,15,16,17);2-4H,1H3/t9-;/m0./s1. The van der Waals surface area contributed by atoms with E-state index in [1.807, 2.05) is 0 Å². The van der Waals surface area contributed by atoms with Gasteiger partial charge in [-0.05, 0) is 38.8 Å². The van der Waals surface area contributed by atoms with Crippen molar-refractivity contribution in [3.8, 4) is 5.75 Å². The van der Waals surface area contributed by atoms with Crippen LogP contribution in [0.3, 0.4) is 0 Å². The van der Waals surface area contributed by atoms with E-state index in [-0.39, 0.29) is 30.1 Å². The molecule has 0 aliphatic heterocycles. The third-order valence-corrected chi connectivity index (χ3v) is 4.58. The molecule has 1 N–H and O–H groups in total. The maximum Gasteiger partial charge on any atom is 0.254 e. The van der Waals surface area contributed by atoms with Gasteiger partial charge in [0, 0.05) is 30.0 Å². The van der Waals surface area contributed by atoms with E-state index >= 15 is 0 Å². The molecule has 1 atom stereocenters. The third-order valence-electron chi connectivity index (χ3n) is 4.58. The molecular formula is C19H22F4N2O2. The van der Waals surface area contributed by atoms with Crippen LogP contribution in [0.5, 0.6) is 5.75 Å². The topological polar surface area (TPSA) is 55.0 Å². The van der Waals surface area contributed by atoms with E-state index in [4.69, 9.17) is 0 Å². The van der Waals surface area contributed by atoms with Gasteiger partial charge in [0.2, 0.25) is 11.7 Å². The van der Waals surface area contributed by atoms with Gasteiger partial charge >= 0.3 is 0 Å². The van der Waals surface area contributed by atoms with Gasteiger partial charge in [0.1, 0.15) is 5.82 Å². The van der Waals surface area contributed by atoms with Crippen molar-refractivity contribution in [3.05, 3.63) is 57.3 Å². The van der Waals surface area contributed by atoms with Crippen molar-refractivity contribution in [2.75, 3.05) is 7.11 Å². The fourth-order valence-electron chi connectivity index (χ4n) is 2.91. The molecule has 1 saturated carbocycles. The van der Waals surface area contributed by atoms with Crippen molar-refractivity contribution < 1.29 is 22.3 Å². The van der Waals surface area contributed by atoms with Crippen LogP contribution < -0.4 is 10.3 Å². The second kappa shape index (κ2) is 8.54. The lowest BCUT2D eigenvalue weighted by molar-refractivity contribution is -0.0417. The fraction of sp³-hybridized carbons (Fsp3) is 0.474. The largest absolute Gasteiger partial charge is 0.494 e. The van der Waals surface area contributed by atoms with Gasteiger partial charge in [-0.25, -0.2) is 18.2 Å². The Bertz CT molecular complexity index is 852. The van der Waals surface area contributed by atoms with E-state index in [0.717, 1.165) is 6.07 Å². The quantitative estimate of drug-likeness (QED) is 0.765. The zero-order valence-electron chi connectivity index (χ0n) is 15.4. The number of rotatable bonds is 2. The molecule has 0 spiro atoms. The number of nitrogens with one attached hydrogen (secondary N) is 1. The highest BCUT2D eigenvalue weighted by Gasteiger charge is 2.37. The van der Waals surface area contributed by atoms with Crippen LogP contribution in [0.2, 0.25) is 0 Å². The number of methoxy groups -OCH3 is 1. The van der Waals surface area contributed by atoms with Gasteiger partial charge in [-0.1, -0.05) is 6.07 Å². The number of aryl methyl sites for hydroxylation is 1. The Kier molecular flexibility index (Phi) is 6.62. The van der Waals surface area contributed by atoms with Crippen molar-refractivity contribution in [1.29, 1.82) is 0 Å². The Hall–Kier alpha value is -2.38. The Morgan fingerprint density at radius 2 is 1.96 bits per heavy atom. The molecule has 27 heavy (non-hydrogen) atoms. The number of aromatic amines is 1. The van der Waals surface area contributed by atoms with Crippen molar-refractivity contribution >= 4 is 0 Å². The van der Waals surface area contributed by atoms with E-state index in [1.54, 1.807) is 13.8 Å². The van der Waals surface area contributed by atoms with Crippen molar-refractivity contribution in [2.24, 2.45) is 0 Å². The summed E-state index contributed by atoms with van der Waals surface area (Å²) in [5.74, 6) is -4.44. The molecule has 1 aromatic carbocycles. The normalized spacial score (nSPS) is 18.4. The minimum atomic E-state index is -2.62. The second-order valence-corrected chi connectivity index (χ2v) is 6.57. The summed E-state index contributed by atoms with van der Waals surface area (Å²) in [5.41, 5.74) is 0.954. The first-order chi connectivity index (χ1) is 12.6. The number of nitrogens with zero attached hydrogens (tertiary/aromatic N) is 1. The number of H-pyrrole nitrogens is 1. The number of ether oxygens (including phenoxy) is 1.